The highest BCUT2D eigenvalue weighted by Gasteiger charge is 2.17. The molecule has 3 rings (SSSR count). The van der Waals surface area contributed by atoms with Crippen LogP contribution >= 0.6 is 35.8 Å². The van der Waals surface area contributed by atoms with Gasteiger partial charge in [-0.1, -0.05) is 23.2 Å². The Balaban J connectivity index is 0.00000222. The van der Waals surface area contributed by atoms with Crippen LogP contribution in [0.5, 0.6) is 11.5 Å². The molecular weight excluding hydrogens is 521 g/mol. The lowest BCUT2D eigenvalue weighted by atomic mass is 10.0. The van der Waals surface area contributed by atoms with E-state index in [0.29, 0.717) is 69.2 Å². The number of hydrogen-bond acceptors (Lipinski definition) is 8. The van der Waals surface area contributed by atoms with E-state index in [1.54, 1.807) is 31.8 Å². The Hall–Kier alpha value is -2.83. The maximum Gasteiger partial charge on any atom is 0.139 e. The lowest BCUT2D eigenvalue weighted by Gasteiger charge is -2.16. The molecule has 7 nitrogen and oxygen atoms in total. The molecule has 1 aromatic heterocycles. The lowest BCUT2D eigenvalue weighted by Crippen LogP contribution is -2.01. The van der Waals surface area contributed by atoms with Gasteiger partial charge in [-0.15, -0.1) is 0 Å². The molecule has 0 bridgehead atoms. The van der Waals surface area contributed by atoms with Crippen LogP contribution in [0.4, 0.5) is 11.4 Å². The van der Waals surface area contributed by atoms with Gasteiger partial charge >= 0.3 is 0 Å². The third-order valence-corrected chi connectivity index (χ3v) is 5.65. The SMILES string of the molecule is CCOCCO/C=C(\C)c1cc2ncc(C#N)c(Nc3cc(OC)c(Cl)cc3Cl)c2cc1OC.CS. The second-order valence-electron chi connectivity index (χ2n) is 7.19. The number of thiol groups is 1. The maximum atomic E-state index is 9.72. The van der Waals surface area contributed by atoms with Crippen LogP contribution in [0.3, 0.4) is 0 Å². The van der Waals surface area contributed by atoms with Crippen molar-refractivity contribution in [1.82, 2.24) is 4.98 Å². The van der Waals surface area contributed by atoms with Crippen molar-refractivity contribution >= 4 is 63.7 Å². The fourth-order valence-corrected chi connectivity index (χ4v) is 3.84. The van der Waals surface area contributed by atoms with Gasteiger partial charge in [-0.25, -0.2) is 0 Å². The predicted octanol–water partition coefficient (Wildman–Crippen LogP) is 7.13. The summed E-state index contributed by atoms with van der Waals surface area (Å²) >= 11 is 16.1. The summed E-state index contributed by atoms with van der Waals surface area (Å²) in [4.78, 5) is 4.48. The van der Waals surface area contributed by atoms with Crippen molar-refractivity contribution in [1.29, 1.82) is 5.26 Å². The first-order valence-electron chi connectivity index (χ1n) is 11.0. The smallest absolute Gasteiger partial charge is 0.139 e. The van der Waals surface area contributed by atoms with Gasteiger partial charge in [0.15, 0.2) is 0 Å². The lowest BCUT2D eigenvalue weighted by molar-refractivity contribution is 0.0936. The summed E-state index contributed by atoms with van der Waals surface area (Å²) in [6, 6.07) is 9.16. The minimum atomic E-state index is 0.346. The molecule has 0 saturated carbocycles. The molecular formula is C26H29Cl2N3O4S. The number of ether oxygens (including phenoxy) is 4. The second-order valence-corrected chi connectivity index (χ2v) is 8.00. The molecule has 0 saturated heterocycles. The normalized spacial score (nSPS) is 10.8. The van der Waals surface area contributed by atoms with Gasteiger partial charge in [-0.2, -0.15) is 17.9 Å². The summed E-state index contributed by atoms with van der Waals surface area (Å²) < 4.78 is 21.8. The Kier molecular flexibility index (Phi) is 12.0. The molecule has 0 aliphatic heterocycles. The third kappa shape index (κ3) is 7.11. The Bertz CT molecular complexity index is 1260. The van der Waals surface area contributed by atoms with Crippen molar-refractivity contribution < 1.29 is 18.9 Å². The minimum absolute atomic E-state index is 0.346. The number of pyridine rings is 1. The first-order valence-corrected chi connectivity index (χ1v) is 12.6. The summed E-state index contributed by atoms with van der Waals surface area (Å²) in [5.41, 5.74) is 3.77. The monoisotopic (exact) mass is 549 g/mol. The number of aromatic nitrogens is 1. The van der Waals surface area contributed by atoms with Crippen LogP contribution in [0.25, 0.3) is 16.5 Å². The Morgan fingerprint density at radius 2 is 1.81 bits per heavy atom. The first kappa shape index (κ1) is 29.4. The Morgan fingerprint density at radius 3 is 2.44 bits per heavy atom. The zero-order valence-corrected chi connectivity index (χ0v) is 23.2. The van der Waals surface area contributed by atoms with Gasteiger partial charge < -0.3 is 24.3 Å². The maximum absolute atomic E-state index is 9.72. The predicted molar refractivity (Wildman–Crippen MR) is 150 cm³/mol. The molecule has 0 amide bonds. The van der Waals surface area contributed by atoms with Crippen molar-refractivity contribution in [3.05, 3.63) is 57.9 Å². The zero-order valence-electron chi connectivity index (χ0n) is 20.8. The molecule has 0 aliphatic carbocycles. The fraction of sp³-hybridized carbons (Fsp3) is 0.308. The van der Waals surface area contributed by atoms with E-state index in [0.717, 1.165) is 11.1 Å². The number of anilines is 2. The van der Waals surface area contributed by atoms with E-state index in [9.17, 15) is 5.26 Å². The number of nitriles is 1. The van der Waals surface area contributed by atoms with E-state index in [2.05, 4.69) is 29.0 Å². The molecule has 192 valence electrons. The molecule has 0 fully saturated rings. The van der Waals surface area contributed by atoms with E-state index >= 15 is 0 Å². The van der Waals surface area contributed by atoms with Gasteiger partial charge in [-0.3, -0.25) is 4.98 Å². The molecule has 0 aliphatic rings. The number of methoxy groups -OCH3 is 2. The minimum Gasteiger partial charge on any atom is -0.498 e. The van der Waals surface area contributed by atoms with Crippen molar-refractivity contribution in [2.75, 3.05) is 45.6 Å². The Morgan fingerprint density at radius 1 is 1.08 bits per heavy atom. The molecule has 2 aromatic carbocycles. The largest absolute Gasteiger partial charge is 0.498 e. The highest BCUT2D eigenvalue weighted by Crippen LogP contribution is 2.39. The number of nitrogens with one attached hydrogen (secondary N) is 1. The van der Waals surface area contributed by atoms with Crippen LogP contribution in [0.2, 0.25) is 10.0 Å². The average molecular weight is 551 g/mol. The Labute approximate surface area is 227 Å². The van der Waals surface area contributed by atoms with Gasteiger partial charge in [0.1, 0.15) is 24.2 Å². The van der Waals surface area contributed by atoms with Crippen LogP contribution in [0, 0.1) is 11.3 Å². The summed E-state index contributed by atoms with van der Waals surface area (Å²) in [6.45, 7) is 5.47. The van der Waals surface area contributed by atoms with Crippen LogP contribution in [-0.4, -0.2) is 45.3 Å². The zero-order chi connectivity index (χ0) is 26.7. The van der Waals surface area contributed by atoms with Crippen LogP contribution in [-0.2, 0) is 9.47 Å². The third-order valence-electron chi connectivity index (χ3n) is 5.05. The topological polar surface area (TPSA) is 85.6 Å². The van der Waals surface area contributed by atoms with Gasteiger partial charge in [0.25, 0.3) is 0 Å². The molecule has 0 spiro atoms. The van der Waals surface area contributed by atoms with Crippen LogP contribution in [0.1, 0.15) is 25.0 Å². The standard InChI is InChI=1S/C25H25Cl2N3O4.CH4S/c1-5-33-6-7-34-14-15(2)17-8-21-18(9-23(17)31-3)25(16(12-28)13-29-21)30-22-11-24(32-4)20(27)10-19(22)26;1-2/h8-11,13-14H,5-7H2,1-4H3,(H,29,30);2H,1H3/b15-14+;. The van der Waals surface area contributed by atoms with Gasteiger partial charge in [-0.05, 0) is 43.9 Å². The fourth-order valence-electron chi connectivity index (χ4n) is 3.33. The molecule has 36 heavy (non-hydrogen) atoms. The molecule has 10 heteroatoms. The highest BCUT2D eigenvalue weighted by molar-refractivity contribution is 7.79. The molecule has 0 unspecified atom stereocenters. The van der Waals surface area contributed by atoms with Crippen molar-refractivity contribution in [2.45, 2.75) is 13.8 Å². The van der Waals surface area contributed by atoms with E-state index in [4.69, 9.17) is 42.1 Å². The summed E-state index contributed by atoms with van der Waals surface area (Å²) in [6.07, 6.45) is 4.88. The van der Waals surface area contributed by atoms with E-state index in [1.165, 1.54) is 13.3 Å². The van der Waals surface area contributed by atoms with Crippen LogP contribution in [0.15, 0.2) is 36.7 Å². The van der Waals surface area contributed by atoms with E-state index in [1.807, 2.05) is 26.0 Å². The number of allylic oxidation sites excluding steroid dienone is 1. The van der Waals surface area contributed by atoms with E-state index in [-0.39, 0.29) is 0 Å². The highest BCUT2D eigenvalue weighted by atomic mass is 35.5. The molecule has 0 radical (unpaired) electrons. The molecule has 1 N–H and O–H groups in total. The number of halogens is 2. The van der Waals surface area contributed by atoms with Crippen molar-refractivity contribution in [3.8, 4) is 17.6 Å². The second kappa shape index (κ2) is 14.7. The summed E-state index contributed by atoms with van der Waals surface area (Å²) in [5.74, 6) is 1.06. The number of nitrogens with zero attached hydrogens (tertiary/aromatic N) is 2. The van der Waals surface area contributed by atoms with Gasteiger partial charge in [0.05, 0.1) is 59.6 Å². The molecule has 3 aromatic rings. The number of fused-ring (bicyclic) bond motifs is 1. The quantitative estimate of drug-likeness (QED) is 0.158. The average Bonchev–Trinajstić information content (AvgIpc) is 2.90. The summed E-state index contributed by atoms with van der Waals surface area (Å²) in [5, 5.41) is 14.4. The van der Waals surface area contributed by atoms with Crippen LogP contribution < -0.4 is 14.8 Å². The molecule has 0 atom stereocenters. The van der Waals surface area contributed by atoms with E-state index < -0.39 is 0 Å². The summed E-state index contributed by atoms with van der Waals surface area (Å²) in [7, 11) is 3.10. The van der Waals surface area contributed by atoms with Crippen molar-refractivity contribution in [3.63, 3.8) is 0 Å². The van der Waals surface area contributed by atoms with Gasteiger partial charge in [0.2, 0.25) is 0 Å². The van der Waals surface area contributed by atoms with Crippen molar-refractivity contribution in [2.24, 2.45) is 0 Å². The number of hydrogen-bond donors (Lipinski definition) is 2. The molecule has 1 heterocycles. The first-order chi connectivity index (χ1) is 17.4. The number of benzene rings is 2. The van der Waals surface area contributed by atoms with Gasteiger partial charge in [0, 0.05) is 29.8 Å². The number of rotatable bonds is 10.